The number of hydrogen-bond acceptors (Lipinski definition) is 3. The summed E-state index contributed by atoms with van der Waals surface area (Å²) in [6, 6.07) is 8.23. The predicted molar refractivity (Wildman–Crippen MR) is 90.8 cm³/mol. The first-order valence-corrected chi connectivity index (χ1v) is 9.10. The second kappa shape index (κ2) is 7.60. The zero-order chi connectivity index (χ0) is 18.6. The molecule has 0 aromatic heterocycles. The van der Waals surface area contributed by atoms with Crippen LogP contribution in [-0.4, -0.2) is 20.4 Å². The Morgan fingerprint density at radius 1 is 1.12 bits per heavy atom. The first-order valence-electron chi connectivity index (χ1n) is 7.62. The molecular weight excluding hydrogens is 350 g/mol. The van der Waals surface area contributed by atoms with Gasteiger partial charge in [-0.05, 0) is 43.7 Å². The number of amides is 1. The largest absolute Gasteiger partial charge is 0.350 e. The number of sulfonamides is 1. The third kappa shape index (κ3) is 4.54. The highest BCUT2D eigenvalue weighted by atomic mass is 32.2. The van der Waals surface area contributed by atoms with E-state index in [4.69, 9.17) is 0 Å². The minimum absolute atomic E-state index is 0.0491. The van der Waals surface area contributed by atoms with Crippen molar-refractivity contribution < 1.29 is 22.0 Å². The van der Waals surface area contributed by atoms with Gasteiger partial charge in [-0.2, -0.15) is 0 Å². The Hall–Kier alpha value is -2.48. The van der Waals surface area contributed by atoms with E-state index in [-0.39, 0.29) is 17.3 Å². The maximum absolute atomic E-state index is 13.3. The van der Waals surface area contributed by atoms with Crippen molar-refractivity contribution >= 4 is 21.6 Å². The number of anilines is 1. The summed E-state index contributed by atoms with van der Waals surface area (Å²) in [5, 5.41) is 2.75. The van der Waals surface area contributed by atoms with Crippen LogP contribution in [0.1, 0.15) is 30.6 Å². The van der Waals surface area contributed by atoms with Crippen molar-refractivity contribution in [2.45, 2.75) is 31.2 Å². The summed E-state index contributed by atoms with van der Waals surface area (Å²) < 4.78 is 53.3. The molecular formula is C17H18F2N2O3S. The summed E-state index contributed by atoms with van der Waals surface area (Å²) >= 11 is 0. The standard InChI is InChI=1S/C17H18F2N2O3S/c1-3-11(2)20-17(22)13-6-4-5-7-16(13)21-25(23,24)12-8-9-14(18)15(19)10-12/h4-11,21H,3H2,1-2H3,(H,20,22)/t11-/m0/s1. The monoisotopic (exact) mass is 368 g/mol. The number of halogens is 2. The number of para-hydroxylation sites is 1. The molecule has 0 aliphatic heterocycles. The molecule has 1 atom stereocenters. The van der Waals surface area contributed by atoms with Gasteiger partial charge >= 0.3 is 0 Å². The minimum Gasteiger partial charge on any atom is -0.350 e. The highest BCUT2D eigenvalue weighted by Crippen LogP contribution is 2.21. The van der Waals surface area contributed by atoms with Gasteiger partial charge in [0, 0.05) is 6.04 Å². The van der Waals surface area contributed by atoms with Gasteiger partial charge < -0.3 is 5.32 Å². The summed E-state index contributed by atoms with van der Waals surface area (Å²) in [7, 11) is -4.18. The molecule has 0 saturated heterocycles. The van der Waals surface area contributed by atoms with Crippen molar-refractivity contribution in [3.63, 3.8) is 0 Å². The quantitative estimate of drug-likeness (QED) is 0.822. The molecule has 0 aliphatic carbocycles. The average molecular weight is 368 g/mol. The Morgan fingerprint density at radius 2 is 1.80 bits per heavy atom. The molecule has 8 heteroatoms. The average Bonchev–Trinajstić information content (AvgIpc) is 2.57. The van der Waals surface area contributed by atoms with Crippen LogP contribution in [0.15, 0.2) is 47.4 Å². The van der Waals surface area contributed by atoms with E-state index in [0.717, 1.165) is 12.1 Å². The van der Waals surface area contributed by atoms with Crippen molar-refractivity contribution in [3.05, 3.63) is 59.7 Å². The lowest BCUT2D eigenvalue weighted by Gasteiger charge is -2.15. The van der Waals surface area contributed by atoms with Crippen LogP contribution in [0.25, 0.3) is 0 Å². The highest BCUT2D eigenvalue weighted by molar-refractivity contribution is 7.92. The summed E-state index contributed by atoms with van der Waals surface area (Å²) in [6.45, 7) is 3.73. The van der Waals surface area contributed by atoms with Crippen LogP contribution in [0.5, 0.6) is 0 Å². The zero-order valence-electron chi connectivity index (χ0n) is 13.7. The van der Waals surface area contributed by atoms with Gasteiger partial charge in [0.25, 0.3) is 15.9 Å². The lowest BCUT2D eigenvalue weighted by molar-refractivity contribution is 0.0940. The third-order valence-corrected chi connectivity index (χ3v) is 4.97. The molecule has 0 fully saturated rings. The second-order valence-corrected chi connectivity index (χ2v) is 7.19. The molecule has 2 rings (SSSR count). The number of benzene rings is 2. The van der Waals surface area contributed by atoms with Crippen LogP contribution in [0.3, 0.4) is 0 Å². The van der Waals surface area contributed by atoms with Crippen LogP contribution >= 0.6 is 0 Å². The van der Waals surface area contributed by atoms with E-state index in [2.05, 4.69) is 10.0 Å². The maximum Gasteiger partial charge on any atom is 0.262 e. The molecule has 134 valence electrons. The van der Waals surface area contributed by atoms with Crippen molar-refractivity contribution in [2.24, 2.45) is 0 Å². The van der Waals surface area contributed by atoms with Gasteiger partial charge in [0.1, 0.15) is 0 Å². The van der Waals surface area contributed by atoms with Gasteiger partial charge in [-0.1, -0.05) is 19.1 Å². The van der Waals surface area contributed by atoms with Crippen LogP contribution < -0.4 is 10.0 Å². The van der Waals surface area contributed by atoms with E-state index in [1.54, 1.807) is 12.1 Å². The molecule has 2 N–H and O–H groups in total. The van der Waals surface area contributed by atoms with E-state index < -0.39 is 32.5 Å². The first kappa shape index (κ1) is 18.9. The van der Waals surface area contributed by atoms with Crippen LogP contribution in [0.2, 0.25) is 0 Å². The summed E-state index contributed by atoms with van der Waals surface area (Å²) in [5.41, 5.74) is 0.182. The molecule has 0 bridgehead atoms. The fourth-order valence-corrected chi connectivity index (χ4v) is 3.11. The van der Waals surface area contributed by atoms with E-state index in [0.29, 0.717) is 12.5 Å². The fraction of sp³-hybridized carbons (Fsp3) is 0.235. The number of hydrogen-bond donors (Lipinski definition) is 2. The highest BCUT2D eigenvalue weighted by Gasteiger charge is 2.20. The first-order chi connectivity index (χ1) is 11.7. The normalized spacial score (nSPS) is 12.5. The van der Waals surface area contributed by atoms with Gasteiger partial charge in [0.15, 0.2) is 11.6 Å². The molecule has 0 aliphatic rings. The van der Waals surface area contributed by atoms with E-state index in [1.165, 1.54) is 12.1 Å². The van der Waals surface area contributed by atoms with E-state index in [9.17, 15) is 22.0 Å². The molecule has 2 aromatic carbocycles. The molecule has 0 saturated carbocycles. The zero-order valence-corrected chi connectivity index (χ0v) is 14.5. The summed E-state index contributed by atoms with van der Waals surface area (Å²) in [5.74, 6) is -2.85. The van der Waals surface area contributed by atoms with Crippen molar-refractivity contribution in [3.8, 4) is 0 Å². The molecule has 5 nitrogen and oxygen atoms in total. The maximum atomic E-state index is 13.3. The van der Waals surface area contributed by atoms with E-state index in [1.807, 2.05) is 13.8 Å². The summed E-state index contributed by atoms with van der Waals surface area (Å²) in [6.07, 6.45) is 0.717. The Labute approximate surface area is 145 Å². The van der Waals surface area contributed by atoms with Crippen molar-refractivity contribution in [1.82, 2.24) is 5.32 Å². The van der Waals surface area contributed by atoms with Crippen LogP contribution in [-0.2, 0) is 10.0 Å². The van der Waals surface area contributed by atoms with E-state index >= 15 is 0 Å². The minimum atomic E-state index is -4.18. The molecule has 1 amide bonds. The van der Waals surface area contributed by atoms with Gasteiger partial charge in [-0.25, -0.2) is 17.2 Å². The smallest absolute Gasteiger partial charge is 0.262 e. The lowest BCUT2D eigenvalue weighted by Crippen LogP contribution is -2.32. The summed E-state index contributed by atoms with van der Waals surface area (Å²) in [4.78, 5) is 11.9. The van der Waals surface area contributed by atoms with Crippen LogP contribution in [0, 0.1) is 11.6 Å². The topological polar surface area (TPSA) is 75.3 Å². The Bertz CT molecular complexity index is 885. The van der Waals surface area contributed by atoms with Gasteiger partial charge in [-0.3, -0.25) is 9.52 Å². The number of carbonyl (C=O) groups excluding carboxylic acids is 1. The van der Waals surface area contributed by atoms with Gasteiger partial charge in [0.2, 0.25) is 0 Å². The lowest BCUT2D eigenvalue weighted by atomic mass is 10.1. The number of carbonyl (C=O) groups is 1. The van der Waals surface area contributed by atoms with Gasteiger partial charge in [-0.15, -0.1) is 0 Å². The molecule has 25 heavy (non-hydrogen) atoms. The van der Waals surface area contributed by atoms with Gasteiger partial charge in [0.05, 0.1) is 16.1 Å². The molecule has 0 heterocycles. The third-order valence-electron chi connectivity index (χ3n) is 3.61. The van der Waals surface area contributed by atoms with Crippen LogP contribution in [0.4, 0.5) is 14.5 Å². The predicted octanol–water partition coefficient (Wildman–Crippen LogP) is 3.29. The Balaban J connectivity index is 2.33. The van der Waals surface area contributed by atoms with Crippen molar-refractivity contribution in [2.75, 3.05) is 4.72 Å². The second-order valence-electron chi connectivity index (χ2n) is 5.51. The fourth-order valence-electron chi connectivity index (χ4n) is 2.02. The Morgan fingerprint density at radius 3 is 2.44 bits per heavy atom. The Kier molecular flexibility index (Phi) is 5.73. The molecule has 0 spiro atoms. The van der Waals surface area contributed by atoms with Crippen molar-refractivity contribution in [1.29, 1.82) is 0 Å². The number of rotatable bonds is 6. The molecule has 0 radical (unpaired) electrons. The SMILES string of the molecule is CC[C@H](C)NC(=O)c1ccccc1NS(=O)(=O)c1ccc(F)c(F)c1. The molecule has 0 unspecified atom stereocenters. The molecule has 2 aromatic rings. The number of nitrogens with one attached hydrogen (secondary N) is 2.